The van der Waals surface area contributed by atoms with Crippen LogP contribution in [0.2, 0.25) is 0 Å². The molecule has 1 fully saturated rings. The van der Waals surface area contributed by atoms with Gasteiger partial charge < -0.3 is 10.4 Å². The molecule has 1 aromatic heterocycles. The number of likely N-dealkylation sites (N-methyl/N-ethyl adjacent to an activating group) is 1. The smallest absolute Gasteiger partial charge is 0.358 e. The van der Waals surface area contributed by atoms with Crippen LogP contribution in [0, 0.1) is 0 Å². The Morgan fingerprint density at radius 1 is 1.63 bits per heavy atom. The lowest BCUT2D eigenvalue weighted by molar-refractivity contribution is 0.0690. The fourth-order valence-corrected chi connectivity index (χ4v) is 2.51. The van der Waals surface area contributed by atoms with Crippen LogP contribution in [0.3, 0.4) is 0 Å². The van der Waals surface area contributed by atoms with Crippen LogP contribution in [0.5, 0.6) is 0 Å². The van der Waals surface area contributed by atoms with Crippen molar-refractivity contribution in [3.05, 3.63) is 11.9 Å². The molecule has 1 aromatic rings. The number of carboxylic acid groups (broad SMARTS) is 1. The van der Waals surface area contributed by atoms with E-state index in [1.807, 2.05) is 0 Å². The number of nitrogens with zero attached hydrogens (tertiary/aromatic N) is 4. The molecule has 7 heteroatoms. The minimum Gasteiger partial charge on any atom is -0.476 e. The lowest BCUT2D eigenvalue weighted by Gasteiger charge is -2.22. The van der Waals surface area contributed by atoms with Crippen LogP contribution in [0.1, 0.15) is 30.3 Å². The highest BCUT2D eigenvalue weighted by atomic mass is 16.4. The molecule has 0 bridgehead atoms. The molecule has 1 unspecified atom stereocenters. The van der Waals surface area contributed by atoms with E-state index in [-0.39, 0.29) is 5.69 Å². The maximum Gasteiger partial charge on any atom is 0.358 e. The average Bonchev–Trinajstić information content (AvgIpc) is 3.03. The zero-order chi connectivity index (χ0) is 13.7. The lowest BCUT2D eigenvalue weighted by Crippen LogP contribution is -2.38. The highest BCUT2D eigenvalue weighted by Gasteiger charge is 2.21. The highest BCUT2D eigenvalue weighted by molar-refractivity contribution is 5.84. The van der Waals surface area contributed by atoms with Gasteiger partial charge in [0, 0.05) is 19.1 Å². The van der Waals surface area contributed by atoms with Gasteiger partial charge in [0.2, 0.25) is 0 Å². The standard InChI is InChI=1S/C12H21N5O2/c1-2-16-6-3-4-10(16)8-13-5-7-17-9-11(12(18)19)14-15-17/h9-10,13H,2-8H2,1H3,(H,18,19). The molecular weight excluding hydrogens is 246 g/mol. The van der Waals surface area contributed by atoms with Gasteiger partial charge in [0.15, 0.2) is 5.69 Å². The van der Waals surface area contributed by atoms with Crippen LogP contribution in [0.15, 0.2) is 6.20 Å². The topological polar surface area (TPSA) is 83.3 Å². The molecule has 106 valence electrons. The van der Waals surface area contributed by atoms with Crippen LogP contribution in [0.25, 0.3) is 0 Å². The third-order valence-corrected chi connectivity index (χ3v) is 3.56. The zero-order valence-electron chi connectivity index (χ0n) is 11.2. The lowest BCUT2D eigenvalue weighted by atomic mass is 10.2. The number of likely N-dealkylation sites (tertiary alicyclic amines) is 1. The summed E-state index contributed by atoms with van der Waals surface area (Å²) in [4.78, 5) is 13.1. The van der Waals surface area contributed by atoms with Crippen molar-refractivity contribution in [2.75, 3.05) is 26.2 Å². The van der Waals surface area contributed by atoms with E-state index in [1.165, 1.54) is 25.6 Å². The minimum atomic E-state index is -1.04. The van der Waals surface area contributed by atoms with Gasteiger partial charge in [0.1, 0.15) is 0 Å². The Morgan fingerprint density at radius 3 is 3.16 bits per heavy atom. The first-order valence-electron chi connectivity index (χ1n) is 6.79. The normalized spacial score (nSPS) is 19.9. The first-order valence-corrected chi connectivity index (χ1v) is 6.79. The third-order valence-electron chi connectivity index (χ3n) is 3.56. The Morgan fingerprint density at radius 2 is 2.47 bits per heavy atom. The molecule has 1 aliphatic rings. The van der Waals surface area contributed by atoms with Gasteiger partial charge >= 0.3 is 5.97 Å². The summed E-state index contributed by atoms with van der Waals surface area (Å²) in [6.45, 7) is 6.90. The van der Waals surface area contributed by atoms with E-state index in [2.05, 4.69) is 27.5 Å². The molecule has 19 heavy (non-hydrogen) atoms. The Kier molecular flexibility index (Phi) is 4.86. The Labute approximate surface area is 112 Å². The van der Waals surface area contributed by atoms with E-state index in [9.17, 15) is 4.79 Å². The number of carboxylic acids is 1. The molecule has 2 N–H and O–H groups in total. The van der Waals surface area contributed by atoms with Crippen molar-refractivity contribution in [3.63, 3.8) is 0 Å². The van der Waals surface area contributed by atoms with Crippen molar-refractivity contribution in [3.8, 4) is 0 Å². The summed E-state index contributed by atoms with van der Waals surface area (Å²) >= 11 is 0. The number of hydrogen-bond donors (Lipinski definition) is 2. The summed E-state index contributed by atoms with van der Waals surface area (Å²) < 4.78 is 1.56. The molecular formula is C12H21N5O2. The maximum absolute atomic E-state index is 10.7. The predicted octanol–water partition coefficient (Wildman–Crippen LogP) is 0.0502. The number of aromatic carboxylic acids is 1. The van der Waals surface area contributed by atoms with Gasteiger partial charge in [-0.2, -0.15) is 0 Å². The molecule has 0 aliphatic carbocycles. The summed E-state index contributed by atoms with van der Waals surface area (Å²) in [5.74, 6) is -1.04. The Hall–Kier alpha value is -1.47. The van der Waals surface area contributed by atoms with E-state index in [0.29, 0.717) is 12.6 Å². The van der Waals surface area contributed by atoms with Crippen molar-refractivity contribution in [1.29, 1.82) is 0 Å². The van der Waals surface area contributed by atoms with Gasteiger partial charge in [-0.15, -0.1) is 5.10 Å². The fourth-order valence-electron chi connectivity index (χ4n) is 2.51. The van der Waals surface area contributed by atoms with Gasteiger partial charge in [-0.05, 0) is 25.9 Å². The van der Waals surface area contributed by atoms with Crippen molar-refractivity contribution < 1.29 is 9.90 Å². The van der Waals surface area contributed by atoms with Gasteiger partial charge in [0.25, 0.3) is 0 Å². The highest BCUT2D eigenvalue weighted by Crippen LogP contribution is 2.15. The summed E-state index contributed by atoms with van der Waals surface area (Å²) in [5, 5.41) is 19.5. The molecule has 0 spiro atoms. The molecule has 1 atom stereocenters. The van der Waals surface area contributed by atoms with Crippen molar-refractivity contribution in [2.24, 2.45) is 0 Å². The first-order chi connectivity index (χ1) is 9.20. The molecule has 2 heterocycles. The maximum atomic E-state index is 10.7. The quantitative estimate of drug-likeness (QED) is 0.679. The molecule has 7 nitrogen and oxygen atoms in total. The molecule has 1 aliphatic heterocycles. The summed E-state index contributed by atoms with van der Waals surface area (Å²) in [7, 11) is 0. The van der Waals surface area contributed by atoms with E-state index in [4.69, 9.17) is 5.11 Å². The molecule has 0 aromatic carbocycles. The van der Waals surface area contributed by atoms with E-state index < -0.39 is 5.97 Å². The fraction of sp³-hybridized carbons (Fsp3) is 0.750. The second-order valence-electron chi connectivity index (χ2n) is 4.80. The van der Waals surface area contributed by atoms with E-state index in [0.717, 1.165) is 19.6 Å². The third kappa shape index (κ3) is 3.74. The summed E-state index contributed by atoms with van der Waals surface area (Å²) in [6.07, 6.45) is 4.00. The van der Waals surface area contributed by atoms with E-state index >= 15 is 0 Å². The van der Waals surface area contributed by atoms with Crippen LogP contribution in [-0.4, -0.2) is 63.2 Å². The van der Waals surface area contributed by atoms with Crippen molar-refractivity contribution in [1.82, 2.24) is 25.2 Å². The number of aromatic nitrogens is 3. The number of carbonyl (C=O) groups is 1. The van der Waals surface area contributed by atoms with Crippen LogP contribution in [-0.2, 0) is 6.54 Å². The van der Waals surface area contributed by atoms with E-state index in [1.54, 1.807) is 4.68 Å². The van der Waals surface area contributed by atoms with Crippen LogP contribution in [0.4, 0.5) is 0 Å². The Balaban J connectivity index is 1.67. The average molecular weight is 267 g/mol. The monoisotopic (exact) mass is 267 g/mol. The van der Waals surface area contributed by atoms with Gasteiger partial charge in [-0.3, -0.25) is 9.58 Å². The van der Waals surface area contributed by atoms with Gasteiger partial charge in [-0.25, -0.2) is 4.79 Å². The SMILES string of the molecule is CCN1CCCC1CNCCn1cc(C(=O)O)nn1. The molecule has 2 rings (SSSR count). The summed E-state index contributed by atoms with van der Waals surface area (Å²) in [6, 6.07) is 0.635. The van der Waals surface area contributed by atoms with Crippen LogP contribution < -0.4 is 5.32 Å². The van der Waals surface area contributed by atoms with Crippen LogP contribution >= 0.6 is 0 Å². The second kappa shape index (κ2) is 6.63. The Bertz CT molecular complexity index is 420. The molecule has 0 amide bonds. The molecule has 0 radical (unpaired) electrons. The number of hydrogen-bond acceptors (Lipinski definition) is 5. The summed E-state index contributed by atoms with van der Waals surface area (Å²) in [5.41, 5.74) is -0.00653. The number of rotatable bonds is 7. The van der Waals surface area contributed by atoms with Crippen molar-refractivity contribution >= 4 is 5.97 Å². The zero-order valence-corrected chi connectivity index (χ0v) is 11.2. The number of nitrogens with one attached hydrogen (secondary N) is 1. The van der Waals surface area contributed by atoms with Gasteiger partial charge in [-0.1, -0.05) is 12.1 Å². The first kappa shape index (κ1) is 14.0. The minimum absolute atomic E-state index is 0.00653. The predicted molar refractivity (Wildman–Crippen MR) is 70.1 cm³/mol. The second-order valence-corrected chi connectivity index (χ2v) is 4.80. The molecule has 1 saturated heterocycles. The van der Waals surface area contributed by atoms with Gasteiger partial charge in [0.05, 0.1) is 12.7 Å². The largest absolute Gasteiger partial charge is 0.476 e. The van der Waals surface area contributed by atoms with Crippen molar-refractivity contribution in [2.45, 2.75) is 32.4 Å². The molecule has 0 saturated carbocycles.